The predicted octanol–water partition coefficient (Wildman–Crippen LogP) is 3.32. The molecule has 6 nitrogen and oxygen atoms in total. The summed E-state index contributed by atoms with van der Waals surface area (Å²) in [6, 6.07) is 4.84. The van der Waals surface area contributed by atoms with Crippen LogP contribution in [0.4, 0.5) is 18.9 Å². The molecule has 1 N–H and O–H groups in total. The molecular weight excluding hydrogens is 367 g/mol. The number of alkyl halides is 4. The lowest BCUT2D eigenvalue weighted by Gasteiger charge is -2.29. The Balaban J connectivity index is 2.04. The molecule has 25 heavy (non-hydrogen) atoms. The van der Waals surface area contributed by atoms with Gasteiger partial charge in [0.25, 0.3) is 11.4 Å². The highest BCUT2D eigenvalue weighted by Crippen LogP contribution is 2.29. The Morgan fingerprint density at radius 3 is 2.20 bits per heavy atom. The summed E-state index contributed by atoms with van der Waals surface area (Å²) in [5, 5.41) is 2.61. The van der Waals surface area contributed by atoms with Crippen LogP contribution in [0.15, 0.2) is 36.0 Å². The number of cyclic esters (lactones) is 2. The Morgan fingerprint density at radius 1 is 1.20 bits per heavy atom. The van der Waals surface area contributed by atoms with Crippen molar-refractivity contribution < 1.29 is 37.0 Å². The summed E-state index contributed by atoms with van der Waals surface area (Å²) in [5.41, 5.74) is -3.03. The number of nitrogens with one attached hydrogen (secondary N) is 1. The van der Waals surface area contributed by atoms with Gasteiger partial charge in [-0.15, -0.1) is 0 Å². The summed E-state index contributed by atoms with van der Waals surface area (Å²) in [6.07, 6.45) is -3.12. The number of hydrogen-bond acceptors (Lipinski definition) is 6. The molecule has 10 heteroatoms. The number of anilines is 1. The molecule has 0 aliphatic carbocycles. The number of carbonyl (C=O) groups is 2. The summed E-state index contributed by atoms with van der Waals surface area (Å²) in [7, 11) is 0. The standard InChI is InChI=1S/C15H13ClF3NO5/c1-14(2)24-11(21)10(12(22)25-14)7-20-8-3-5-9(6-4-8)23-15(18,19)13(16)17/h3-7,13,20H,1-2H3. The Hall–Kier alpha value is -2.42. The average molecular weight is 380 g/mol. The number of benzene rings is 1. The molecule has 2 rings (SSSR count). The van der Waals surface area contributed by atoms with Gasteiger partial charge in [-0.05, 0) is 24.3 Å². The van der Waals surface area contributed by atoms with Crippen LogP contribution < -0.4 is 10.1 Å². The van der Waals surface area contributed by atoms with Crippen LogP contribution in [0.25, 0.3) is 0 Å². The summed E-state index contributed by atoms with van der Waals surface area (Å²) < 4.78 is 52.4. The summed E-state index contributed by atoms with van der Waals surface area (Å²) in [6.45, 7) is 2.81. The second-order valence-corrected chi connectivity index (χ2v) is 5.75. The lowest BCUT2D eigenvalue weighted by molar-refractivity contribution is -0.222. The molecular formula is C15H13ClF3NO5. The van der Waals surface area contributed by atoms with Crippen LogP contribution in [0.3, 0.4) is 0 Å². The van der Waals surface area contributed by atoms with E-state index in [1.807, 2.05) is 0 Å². The normalized spacial score (nSPS) is 18.1. The van der Waals surface area contributed by atoms with Crippen molar-refractivity contribution in [3.63, 3.8) is 0 Å². The van der Waals surface area contributed by atoms with Gasteiger partial charge in [0, 0.05) is 25.7 Å². The molecule has 1 aromatic rings. The Morgan fingerprint density at radius 2 is 1.72 bits per heavy atom. The topological polar surface area (TPSA) is 73.9 Å². The quantitative estimate of drug-likeness (QED) is 0.366. The van der Waals surface area contributed by atoms with Gasteiger partial charge in [-0.3, -0.25) is 0 Å². The highest BCUT2D eigenvalue weighted by Gasteiger charge is 2.42. The molecule has 1 aliphatic rings. The molecule has 136 valence electrons. The molecule has 0 aromatic heterocycles. The summed E-state index contributed by atoms with van der Waals surface area (Å²) >= 11 is 4.68. The zero-order valence-electron chi connectivity index (χ0n) is 13.0. The molecule has 0 spiro atoms. The predicted molar refractivity (Wildman–Crippen MR) is 80.7 cm³/mol. The smallest absolute Gasteiger partial charge is 0.429 e. The molecule has 0 amide bonds. The van der Waals surface area contributed by atoms with Crippen molar-refractivity contribution in [3.8, 4) is 5.75 Å². The number of rotatable bonds is 5. The number of esters is 2. The van der Waals surface area contributed by atoms with Gasteiger partial charge in [-0.1, -0.05) is 11.6 Å². The van der Waals surface area contributed by atoms with Crippen molar-refractivity contribution in [1.29, 1.82) is 0 Å². The van der Waals surface area contributed by atoms with E-state index in [0.29, 0.717) is 5.69 Å². The van der Waals surface area contributed by atoms with E-state index in [0.717, 1.165) is 18.3 Å². The van der Waals surface area contributed by atoms with E-state index in [2.05, 4.69) is 21.7 Å². The first-order chi connectivity index (χ1) is 11.5. The average Bonchev–Trinajstić information content (AvgIpc) is 2.46. The van der Waals surface area contributed by atoms with E-state index in [9.17, 15) is 22.8 Å². The van der Waals surface area contributed by atoms with Crippen LogP contribution in [-0.2, 0) is 19.1 Å². The third kappa shape index (κ3) is 4.79. The van der Waals surface area contributed by atoms with Gasteiger partial charge in [0.2, 0.25) is 0 Å². The van der Waals surface area contributed by atoms with E-state index in [1.54, 1.807) is 0 Å². The minimum atomic E-state index is -4.18. The minimum absolute atomic E-state index is 0.329. The number of ether oxygens (including phenoxy) is 3. The van der Waals surface area contributed by atoms with E-state index >= 15 is 0 Å². The largest absolute Gasteiger partial charge is 0.444 e. The van der Waals surface area contributed by atoms with Crippen molar-refractivity contribution in [2.24, 2.45) is 0 Å². The van der Waals surface area contributed by atoms with Crippen LogP contribution >= 0.6 is 11.6 Å². The maximum absolute atomic E-state index is 13.0. The Labute approximate surface area is 145 Å². The SMILES string of the molecule is CC1(C)OC(=O)C(=CNc2ccc(OC(F)(F)C(F)Cl)cc2)C(=O)O1. The fourth-order valence-electron chi connectivity index (χ4n) is 1.75. The van der Waals surface area contributed by atoms with E-state index < -0.39 is 29.5 Å². The number of carbonyl (C=O) groups excluding carboxylic acids is 2. The second kappa shape index (κ2) is 6.83. The van der Waals surface area contributed by atoms with Crippen LogP contribution in [0, 0.1) is 0 Å². The molecule has 1 aliphatic heterocycles. The van der Waals surface area contributed by atoms with Crippen LogP contribution in [0.2, 0.25) is 0 Å². The Bertz CT molecular complexity index is 682. The fourth-order valence-corrected chi connectivity index (χ4v) is 1.80. The molecule has 1 heterocycles. The van der Waals surface area contributed by atoms with Crippen LogP contribution in [0.1, 0.15) is 13.8 Å². The second-order valence-electron chi connectivity index (χ2n) is 5.37. The number of halogens is 4. The van der Waals surface area contributed by atoms with Crippen molar-refractivity contribution in [1.82, 2.24) is 0 Å². The molecule has 1 saturated heterocycles. The van der Waals surface area contributed by atoms with Crippen molar-refractivity contribution >= 4 is 29.2 Å². The number of hydrogen-bond donors (Lipinski definition) is 1. The Kier molecular flexibility index (Phi) is 5.17. The third-order valence-electron chi connectivity index (χ3n) is 2.86. The van der Waals surface area contributed by atoms with Gasteiger partial charge in [0.15, 0.2) is 5.57 Å². The molecule has 0 bridgehead atoms. The van der Waals surface area contributed by atoms with Crippen molar-refractivity contribution in [2.75, 3.05) is 5.32 Å². The first-order valence-electron chi connectivity index (χ1n) is 6.88. The van der Waals surface area contributed by atoms with Crippen molar-refractivity contribution in [3.05, 3.63) is 36.0 Å². The lowest BCUT2D eigenvalue weighted by atomic mass is 10.2. The van der Waals surface area contributed by atoms with Crippen LogP contribution in [0.5, 0.6) is 5.75 Å². The first-order valence-corrected chi connectivity index (χ1v) is 7.32. The van der Waals surface area contributed by atoms with Gasteiger partial charge >= 0.3 is 18.0 Å². The minimum Gasteiger partial charge on any atom is -0.429 e. The maximum atomic E-state index is 13.0. The molecule has 0 saturated carbocycles. The molecule has 1 fully saturated rings. The molecule has 1 aromatic carbocycles. The van der Waals surface area contributed by atoms with Crippen molar-refractivity contribution in [2.45, 2.75) is 31.4 Å². The lowest BCUT2D eigenvalue weighted by Crippen LogP contribution is -2.42. The van der Waals surface area contributed by atoms with Gasteiger partial charge in [0.1, 0.15) is 5.75 Å². The van der Waals surface area contributed by atoms with E-state index in [4.69, 9.17) is 9.47 Å². The zero-order chi connectivity index (χ0) is 18.8. The maximum Gasteiger partial charge on any atom is 0.444 e. The van der Waals surface area contributed by atoms with Crippen LogP contribution in [-0.4, -0.2) is 29.5 Å². The fraction of sp³-hybridized carbons (Fsp3) is 0.333. The molecule has 1 atom stereocenters. The van der Waals surface area contributed by atoms with E-state index in [-0.39, 0.29) is 11.3 Å². The van der Waals surface area contributed by atoms with Gasteiger partial charge in [-0.2, -0.15) is 8.78 Å². The monoisotopic (exact) mass is 379 g/mol. The zero-order valence-corrected chi connectivity index (χ0v) is 13.8. The highest BCUT2D eigenvalue weighted by atomic mass is 35.5. The molecule has 0 radical (unpaired) electrons. The summed E-state index contributed by atoms with van der Waals surface area (Å²) in [4.78, 5) is 23.5. The third-order valence-corrected chi connectivity index (χ3v) is 3.12. The first kappa shape index (κ1) is 18.9. The van der Waals surface area contributed by atoms with Gasteiger partial charge < -0.3 is 19.5 Å². The van der Waals surface area contributed by atoms with Gasteiger partial charge in [0.05, 0.1) is 0 Å². The molecule has 1 unspecified atom stereocenters. The van der Waals surface area contributed by atoms with E-state index in [1.165, 1.54) is 26.0 Å². The summed E-state index contributed by atoms with van der Waals surface area (Å²) in [5.74, 6) is -3.43. The van der Waals surface area contributed by atoms with Gasteiger partial charge in [-0.25, -0.2) is 14.0 Å². The highest BCUT2D eigenvalue weighted by molar-refractivity contribution is 6.20.